The third-order valence-electron chi connectivity index (χ3n) is 4.69. The number of thioether (sulfide) groups is 1. The Morgan fingerprint density at radius 3 is 2.85 bits per heavy atom. The summed E-state index contributed by atoms with van der Waals surface area (Å²) in [6, 6.07) is 6.45. The molecule has 2 aliphatic heterocycles. The number of carbonyl (C=O) groups excluding carboxylic acids is 2. The molecule has 137 valence electrons. The number of nitrogens with one attached hydrogen (secondary N) is 3. The van der Waals surface area contributed by atoms with Crippen molar-refractivity contribution in [2.24, 2.45) is 0 Å². The van der Waals surface area contributed by atoms with Gasteiger partial charge in [-0.1, -0.05) is 0 Å². The van der Waals surface area contributed by atoms with Crippen LogP contribution in [0.5, 0.6) is 0 Å². The van der Waals surface area contributed by atoms with Crippen LogP contribution < -0.4 is 19.5 Å². The Morgan fingerprint density at radius 2 is 2.12 bits per heavy atom. The number of amides is 3. The van der Waals surface area contributed by atoms with E-state index in [2.05, 4.69) is 16.0 Å². The van der Waals surface area contributed by atoms with Gasteiger partial charge in [0.1, 0.15) is 0 Å². The van der Waals surface area contributed by atoms with Crippen LogP contribution in [0, 0.1) is 0 Å². The zero-order valence-electron chi connectivity index (χ0n) is 14.0. The van der Waals surface area contributed by atoms with Gasteiger partial charge in [0.2, 0.25) is 0 Å². The van der Waals surface area contributed by atoms with Crippen molar-refractivity contribution in [1.29, 1.82) is 0 Å². The number of benzene rings is 1. The first-order valence-corrected chi connectivity index (χ1v) is 11.0. The van der Waals surface area contributed by atoms with Crippen molar-refractivity contribution in [2.45, 2.75) is 42.6 Å². The second-order valence-corrected chi connectivity index (χ2v) is 9.27. The Labute approximate surface area is 169 Å². The second-order valence-electron chi connectivity index (χ2n) is 6.46. The van der Waals surface area contributed by atoms with E-state index in [0.29, 0.717) is 18.4 Å². The maximum absolute atomic E-state index is 12.4. The van der Waals surface area contributed by atoms with Gasteiger partial charge in [-0.05, 0) is 0 Å². The van der Waals surface area contributed by atoms with Crippen molar-refractivity contribution in [2.75, 3.05) is 5.75 Å². The Balaban J connectivity index is 1.51. The topological polar surface area (TPSA) is 108 Å². The first kappa shape index (κ1) is 19.3. The SMILES string of the molecule is O=C1N[C@H]2[C@H](CS[C@H]2CCCC(NC(=O)c2cccc[c]2[Sn])C(=O)O)N1. The molecular formula is C17H20N3O4SSn. The summed E-state index contributed by atoms with van der Waals surface area (Å²) in [5, 5.41) is 18.2. The van der Waals surface area contributed by atoms with Crippen molar-refractivity contribution in [3.8, 4) is 0 Å². The average molecular weight is 481 g/mol. The summed E-state index contributed by atoms with van der Waals surface area (Å²) in [7, 11) is 0. The number of aliphatic carboxylic acids is 1. The molecule has 2 fully saturated rings. The van der Waals surface area contributed by atoms with E-state index in [-0.39, 0.29) is 29.3 Å². The van der Waals surface area contributed by atoms with Gasteiger partial charge in [-0.3, -0.25) is 0 Å². The van der Waals surface area contributed by atoms with Crippen LogP contribution in [0.25, 0.3) is 0 Å². The molecule has 2 aliphatic rings. The van der Waals surface area contributed by atoms with Crippen LogP contribution in [0.2, 0.25) is 0 Å². The van der Waals surface area contributed by atoms with Gasteiger partial charge in [0.25, 0.3) is 0 Å². The number of carboxylic acids is 1. The van der Waals surface area contributed by atoms with Gasteiger partial charge >= 0.3 is 165 Å². The summed E-state index contributed by atoms with van der Waals surface area (Å²) in [6.45, 7) is 0. The van der Waals surface area contributed by atoms with E-state index in [1.54, 1.807) is 23.9 Å². The van der Waals surface area contributed by atoms with Crippen molar-refractivity contribution in [1.82, 2.24) is 16.0 Å². The molecule has 0 aliphatic carbocycles. The quantitative estimate of drug-likeness (QED) is 0.324. The minimum atomic E-state index is -1.02. The van der Waals surface area contributed by atoms with E-state index >= 15 is 0 Å². The van der Waals surface area contributed by atoms with Crippen LogP contribution in [0.15, 0.2) is 24.3 Å². The van der Waals surface area contributed by atoms with Gasteiger partial charge < -0.3 is 0 Å². The van der Waals surface area contributed by atoms with Gasteiger partial charge in [0.15, 0.2) is 0 Å². The molecule has 0 spiro atoms. The zero-order chi connectivity index (χ0) is 18.7. The summed E-state index contributed by atoms with van der Waals surface area (Å²) in [4.78, 5) is 35.3. The molecule has 1 aromatic carbocycles. The summed E-state index contributed by atoms with van der Waals surface area (Å²) in [5.74, 6) is -0.483. The number of urea groups is 1. The average Bonchev–Trinajstić information content (AvgIpc) is 3.13. The molecule has 3 radical (unpaired) electrons. The third kappa shape index (κ3) is 4.46. The van der Waals surface area contributed by atoms with E-state index in [1.165, 1.54) is 0 Å². The number of carbonyl (C=O) groups is 3. The fourth-order valence-corrected chi connectivity index (χ4v) is 5.72. The van der Waals surface area contributed by atoms with E-state index in [4.69, 9.17) is 0 Å². The molecule has 7 nitrogen and oxygen atoms in total. The summed E-state index contributed by atoms with van der Waals surface area (Å²) >= 11 is 2.91. The Bertz CT molecular complexity index is 717. The van der Waals surface area contributed by atoms with Crippen LogP contribution in [0.4, 0.5) is 4.79 Å². The van der Waals surface area contributed by atoms with Gasteiger partial charge in [-0.2, -0.15) is 0 Å². The van der Waals surface area contributed by atoms with E-state index in [9.17, 15) is 19.5 Å². The molecule has 4 atom stereocenters. The van der Waals surface area contributed by atoms with Crippen molar-refractivity contribution < 1.29 is 19.5 Å². The van der Waals surface area contributed by atoms with Gasteiger partial charge in [0, 0.05) is 0 Å². The summed E-state index contributed by atoms with van der Waals surface area (Å²) in [5.41, 5.74) is 0.533. The molecular weight excluding hydrogens is 461 g/mol. The van der Waals surface area contributed by atoms with Crippen molar-refractivity contribution >= 4 is 55.8 Å². The van der Waals surface area contributed by atoms with Gasteiger partial charge in [0.05, 0.1) is 0 Å². The Hall–Kier alpha value is -1.42. The second kappa shape index (κ2) is 8.51. The first-order valence-electron chi connectivity index (χ1n) is 8.48. The molecule has 3 rings (SSSR count). The fraction of sp³-hybridized carbons (Fsp3) is 0.471. The minimum absolute atomic E-state index is 0.112. The van der Waals surface area contributed by atoms with Crippen molar-refractivity contribution in [3.05, 3.63) is 29.8 Å². The predicted octanol–water partition coefficient (Wildman–Crippen LogP) is -0.000900. The molecule has 0 saturated carbocycles. The monoisotopic (exact) mass is 482 g/mol. The molecule has 3 amide bonds. The number of hydrogen-bond acceptors (Lipinski definition) is 4. The number of hydrogen-bond donors (Lipinski definition) is 4. The molecule has 2 heterocycles. The molecule has 0 bridgehead atoms. The molecule has 9 heteroatoms. The van der Waals surface area contributed by atoms with Crippen LogP contribution >= 0.6 is 11.8 Å². The molecule has 2 saturated heterocycles. The van der Waals surface area contributed by atoms with E-state index < -0.39 is 12.0 Å². The third-order valence-corrected chi connectivity index (χ3v) is 7.45. The van der Waals surface area contributed by atoms with Crippen LogP contribution in [-0.2, 0) is 4.79 Å². The van der Waals surface area contributed by atoms with Crippen LogP contribution in [-0.4, -0.2) is 74.7 Å². The van der Waals surface area contributed by atoms with E-state index in [0.717, 1.165) is 38.3 Å². The van der Waals surface area contributed by atoms with Gasteiger partial charge in [-0.25, -0.2) is 4.79 Å². The fourth-order valence-electron chi connectivity index (χ4n) is 3.34. The Kier molecular flexibility index (Phi) is 6.33. The molecule has 26 heavy (non-hydrogen) atoms. The Morgan fingerprint density at radius 1 is 1.35 bits per heavy atom. The molecule has 1 unspecified atom stereocenters. The number of rotatable bonds is 7. The summed E-state index contributed by atoms with van der Waals surface area (Å²) in [6.07, 6.45) is 1.85. The van der Waals surface area contributed by atoms with Crippen LogP contribution in [0.3, 0.4) is 0 Å². The zero-order valence-corrected chi connectivity index (χ0v) is 17.7. The van der Waals surface area contributed by atoms with Gasteiger partial charge in [-0.15, -0.1) is 0 Å². The van der Waals surface area contributed by atoms with E-state index in [1.807, 2.05) is 12.1 Å². The standard InChI is InChI=1S/C17H20N3O4S.Sn/c21-15(10-5-2-1-3-6-10)18-11(16(22)23)7-4-8-13-14-12(9-25-13)19-17(24)20-14;/h1-3,5,11-14H,4,7-9H2,(H,18,21)(H,22,23)(H2,19,20,24);/t11?,12-,13-,14-;/m0./s1. The molecule has 4 N–H and O–H groups in total. The maximum atomic E-state index is 12.4. The molecule has 1 aromatic rings. The number of carboxylic acid groups (broad SMARTS) is 1. The number of fused-ring (bicyclic) bond motifs is 1. The van der Waals surface area contributed by atoms with Crippen molar-refractivity contribution in [3.63, 3.8) is 0 Å². The predicted molar refractivity (Wildman–Crippen MR) is 100 cm³/mol. The normalized spacial score (nSPS) is 25.1. The van der Waals surface area contributed by atoms with Crippen LogP contribution in [0.1, 0.15) is 29.6 Å². The molecule has 0 aromatic heterocycles. The summed E-state index contributed by atoms with van der Waals surface area (Å²) < 4.78 is 0.902. The first-order chi connectivity index (χ1) is 12.5.